The zero-order valence-electron chi connectivity index (χ0n) is 27.7. The summed E-state index contributed by atoms with van der Waals surface area (Å²) in [5.74, 6) is 1.55. The topological polar surface area (TPSA) is 31.0 Å². The zero-order valence-corrected chi connectivity index (χ0v) is 27.7. The number of aromatic nitrogens is 2. The fraction of sp³-hybridized carbons (Fsp3) is 0.133. The third kappa shape index (κ3) is 4.38. The monoisotopic (exact) mass is 620 g/mol. The van der Waals surface area contributed by atoms with Crippen LogP contribution in [0.15, 0.2) is 138 Å². The van der Waals surface area contributed by atoms with Crippen molar-refractivity contribution in [2.45, 2.75) is 39.5 Å². The van der Waals surface area contributed by atoms with Crippen LogP contribution in [0.5, 0.6) is 0 Å². The van der Waals surface area contributed by atoms with Crippen molar-refractivity contribution < 1.29 is 4.42 Å². The first-order chi connectivity index (χ1) is 23.5. The highest BCUT2D eigenvalue weighted by Gasteiger charge is 2.24. The minimum atomic E-state index is 0.305. The summed E-state index contributed by atoms with van der Waals surface area (Å²) in [5.41, 5.74) is 11.3. The number of fused-ring (bicyclic) bond motifs is 8. The molecule has 7 aromatic carbocycles. The van der Waals surface area contributed by atoms with E-state index in [0.717, 1.165) is 49.7 Å². The first-order valence-corrected chi connectivity index (χ1v) is 16.9. The molecule has 2 aromatic heterocycles. The van der Waals surface area contributed by atoms with E-state index in [-0.39, 0.29) is 0 Å². The van der Waals surface area contributed by atoms with E-state index in [0.29, 0.717) is 11.8 Å². The van der Waals surface area contributed by atoms with Crippen LogP contribution >= 0.6 is 0 Å². The van der Waals surface area contributed by atoms with E-state index in [9.17, 15) is 0 Å². The van der Waals surface area contributed by atoms with Crippen molar-refractivity contribution in [3.05, 3.63) is 145 Å². The number of para-hydroxylation sites is 2. The molecule has 0 aliphatic carbocycles. The van der Waals surface area contributed by atoms with Crippen molar-refractivity contribution >= 4 is 54.5 Å². The highest BCUT2D eigenvalue weighted by atomic mass is 16.3. The SMILES string of the molecule is CC(C)c1cc(-c2ccccc2)cc(C(C)C)c1-n1c(-c2ccc3oc4c(ccc5c6ccccc6ccc54)c3c2)nc2ccccc21. The van der Waals surface area contributed by atoms with Crippen molar-refractivity contribution in [2.75, 3.05) is 0 Å². The highest BCUT2D eigenvalue weighted by Crippen LogP contribution is 2.42. The molecular weight excluding hydrogens is 585 g/mol. The van der Waals surface area contributed by atoms with Gasteiger partial charge in [-0.15, -0.1) is 0 Å². The van der Waals surface area contributed by atoms with Gasteiger partial charge in [-0.05, 0) is 105 Å². The van der Waals surface area contributed by atoms with Gasteiger partial charge in [-0.2, -0.15) is 0 Å². The van der Waals surface area contributed by atoms with Crippen LogP contribution in [-0.4, -0.2) is 9.55 Å². The number of hydrogen-bond acceptors (Lipinski definition) is 2. The normalized spacial score (nSPS) is 12.1. The summed E-state index contributed by atoms with van der Waals surface area (Å²) in [6, 6.07) is 48.0. The molecule has 232 valence electrons. The minimum Gasteiger partial charge on any atom is -0.455 e. The Morgan fingerprint density at radius 1 is 0.521 bits per heavy atom. The van der Waals surface area contributed by atoms with E-state index >= 15 is 0 Å². The molecule has 0 bridgehead atoms. The molecular formula is C45H36N2O. The molecule has 0 saturated carbocycles. The standard InChI is InChI=1S/C45H36N2O/c1-27(2)37-25-32(29-12-6-5-7-13-29)26-38(28(3)4)43(37)47-41-17-11-10-16-40(41)46-45(47)31-19-23-42-39(24-31)36-22-21-34-33-15-9-8-14-30(33)18-20-35(34)44(36)48-42/h5-28H,1-4H3. The minimum absolute atomic E-state index is 0.305. The van der Waals surface area contributed by atoms with Gasteiger partial charge in [0.15, 0.2) is 0 Å². The number of imidazole rings is 1. The molecule has 0 radical (unpaired) electrons. The molecule has 9 rings (SSSR count). The van der Waals surface area contributed by atoms with Crippen molar-refractivity contribution in [1.82, 2.24) is 9.55 Å². The molecule has 0 saturated heterocycles. The van der Waals surface area contributed by atoms with Crippen LogP contribution in [0.4, 0.5) is 0 Å². The Morgan fingerprint density at radius 3 is 1.98 bits per heavy atom. The molecule has 0 amide bonds. The number of benzene rings is 7. The van der Waals surface area contributed by atoms with E-state index in [1.807, 2.05) is 0 Å². The summed E-state index contributed by atoms with van der Waals surface area (Å²) in [4.78, 5) is 5.33. The summed E-state index contributed by atoms with van der Waals surface area (Å²) in [5, 5.41) is 7.05. The van der Waals surface area contributed by atoms with Crippen LogP contribution in [0.1, 0.15) is 50.7 Å². The number of hydrogen-bond donors (Lipinski definition) is 0. The maximum atomic E-state index is 6.61. The molecule has 48 heavy (non-hydrogen) atoms. The molecule has 0 unspecified atom stereocenters. The first-order valence-electron chi connectivity index (χ1n) is 16.9. The van der Waals surface area contributed by atoms with Gasteiger partial charge < -0.3 is 4.42 Å². The van der Waals surface area contributed by atoms with Gasteiger partial charge in [0.05, 0.1) is 16.7 Å². The summed E-state index contributed by atoms with van der Waals surface area (Å²) in [7, 11) is 0. The molecule has 0 aliphatic rings. The van der Waals surface area contributed by atoms with Crippen LogP contribution < -0.4 is 0 Å². The van der Waals surface area contributed by atoms with Crippen LogP contribution in [0.3, 0.4) is 0 Å². The van der Waals surface area contributed by atoms with Crippen molar-refractivity contribution in [1.29, 1.82) is 0 Å². The Bertz CT molecular complexity index is 2640. The first kappa shape index (κ1) is 28.5. The molecule has 2 heterocycles. The summed E-state index contributed by atoms with van der Waals surface area (Å²) < 4.78 is 9.02. The Hall–Kier alpha value is -5.67. The predicted octanol–water partition coefficient (Wildman–Crippen LogP) is 12.8. The molecule has 0 aliphatic heterocycles. The van der Waals surface area contributed by atoms with Crippen molar-refractivity contribution in [3.8, 4) is 28.2 Å². The maximum Gasteiger partial charge on any atom is 0.145 e. The maximum absolute atomic E-state index is 6.61. The molecule has 3 nitrogen and oxygen atoms in total. The third-order valence-corrected chi connectivity index (χ3v) is 9.92. The lowest BCUT2D eigenvalue weighted by Gasteiger charge is -2.24. The fourth-order valence-corrected chi connectivity index (χ4v) is 7.52. The average Bonchev–Trinajstić information content (AvgIpc) is 3.69. The molecule has 9 aromatic rings. The van der Waals surface area contributed by atoms with E-state index in [1.54, 1.807) is 0 Å². The van der Waals surface area contributed by atoms with E-state index in [1.165, 1.54) is 44.1 Å². The number of nitrogens with zero attached hydrogens (tertiary/aromatic N) is 2. The second-order valence-corrected chi connectivity index (χ2v) is 13.6. The smallest absolute Gasteiger partial charge is 0.145 e. The van der Waals surface area contributed by atoms with Gasteiger partial charge in [-0.25, -0.2) is 4.98 Å². The van der Waals surface area contributed by atoms with Crippen LogP contribution in [0.25, 0.3) is 82.7 Å². The van der Waals surface area contributed by atoms with Gasteiger partial charge in [-0.1, -0.05) is 107 Å². The van der Waals surface area contributed by atoms with Gasteiger partial charge in [0.1, 0.15) is 17.0 Å². The van der Waals surface area contributed by atoms with Crippen LogP contribution in [0.2, 0.25) is 0 Å². The molecule has 0 fully saturated rings. The van der Waals surface area contributed by atoms with Crippen molar-refractivity contribution in [3.63, 3.8) is 0 Å². The van der Waals surface area contributed by atoms with Crippen LogP contribution in [-0.2, 0) is 0 Å². The molecule has 3 heteroatoms. The summed E-state index contributed by atoms with van der Waals surface area (Å²) >= 11 is 0. The average molecular weight is 621 g/mol. The Morgan fingerprint density at radius 2 is 1.19 bits per heavy atom. The van der Waals surface area contributed by atoms with Crippen molar-refractivity contribution in [2.24, 2.45) is 0 Å². The van der Waals surface area contributed by atoms with E-state index in [4.69, 9.17) is 9.40 Å². The van der Waals surface area contributed by atoms with Gasteiger partial charge in [0, 0.05) is 21.7 Å². The zero-order chi connectivity index (χ0) is 32.5. The highest BCUT2D eigenvalue weighted by molar-refractivity contribution is 6.20. The largest absolute Gasteiger partial charge is 0.455 e. The molecule has 0 spiro atoms. The lowest BCUT2D eigenvalue weighted by atomic mass is 9.88. The molecule has 0 N–H and O–H groups in total. The number of rotatable bonds is 5. The summed E-state index contributed by atoms with van der Waals surface area (Å²) in [6.07, 6.45) is 0. The second-order valence-electron chi connectivity index (χ2n) is 13.6. The van der Waals surface area contributed by atoms with Gasteiger partial charge in [0.2, 0.25) is 0 Å². The van der Waals surface area contributed by atoms with Crippen LogP contribution in [0, 0.1) is 0 Å². The van der Waals surface area contributed by atoms with Gasteiger partial charge in [-0.3, -0.25) is 4.57 Å². The predicted molar refractivity (Wildman–Crippen MR) is 202 cm³/mol. The number of furan rings is 1. The Balaban J connectivity index is 1.31. The van der Waals surface area contributed by atoms with E-state index < -0.39 is 0 Å². The second kappa shape index (κ2) is 11.0. The Labute approximate surface area is 280 Å². The fourth-order valence-electron chi connectivity index (χ4n) is 7.52. The summed E-state index contributed by atoms with van der Waals surface area (Å²) in [6.45, 7) is 9.20. The van der Waals surface area contributed by atoms with Gasteiger partial charge >= 0.3 is 0 Å². The quantitative estimate of drug-likeness (QED) is 0.179. The van der Waals surface area contributed by atoms with E-state index in [2.05, 4.69) is 166 Å². The van der Waals surface area contributed by atoms with Gasteiger partial charge in [0.25, 0.3) is 0 Å². The third-order valence-electron chi connectivity index (χ3n) is 9.92. The molecule has 0 atom stereocenters. The Kier molecular flexibility index (Phi) is 6.52. The lowest BCUT2D eigenvalue weighted by molar-refractivity contribution is 0.673. The lowest BCUT2D eigenvalue weighted by Crippen LogP contribution is -2.09.